The van der Waals surface area contributed by atoms with Gasteiger partial charge in [0.1, 0.15) is 0 Å². The van der Waals surface area contributed by atoms with Gasteiger partial charge in [0.2, 0.25) is 0 Å². The van der Waals surface area contributed by atoms with E-state index in [9.17, 15) is 8.42 Å². The summed E-state index contributed by atoms with van der Waals surface area (Å²) in [7, 11) is -2.94. The van der Waals surface area contributed by atoms with Crippen LogP contribution in [-0.2, 0) is 9.84 Å². The van der Waals surface area contributed by atoms with Crippen molar-refractivity contribution in [3.63, 3.8) is 0 Å². The Labute approximate surface area is 64.3 Å². The van der Waals surface area contributed by atoms with Crippen LogP contribution in [0.15, 0.2) is 16.1 Å². The SMILES string of the molecule is CC(N=[N+]=[N-])C1=CS(=O)(=O)C1. The van der Waals surface area contributed by atoms with Crippen LogP contribution in [0.4, 0.5) is 0 Å². The van der Waals surface area contributed by atoms with Crippen LogP contribution in [-0.4, -0.2) is 20.2 Å². The molecule has 1 aliphatic rings. The first kappa shape index (κ1) is 8.10. The second-order valence-corrected chi connectivity index (χ2v) is 4.23. The Bertz CT molecular complexity index is 337. The van der Waals surface area contributed by atoms with E-state index < -0.39 is 9.84 Å². The number of sulfone groups is 1. The monoisotopic (exact) mass is 173 g/mol. The number of hydrogen-bond acceptors (Lipinski definition) is 3. The fraction of sp³-hybridized carbons (Fsp3) is 0.600. The lowest BCUT2D eigenvalue weighted by Crippen LogP contribution is -2.22. The largest absolute Gasteiger partial charge is 0.224 e. The maximum atomic E-state index is 10.6. The molecule has 0 aromatic heterocycles. The minimum Gasteiger partial charge on any atom is -0.224 e. The lowest BCUT2D eigenvalue weighted by Gasteiger charge is -2.17. The van der Waals surface area contributed by atoms with E-state index in [-0.39, 0.29) is 11.8 Å². The van der Waals surface area contributed by atoms with Crippen LogP contribution in [0, 0.1) is 0 Å². The molecule has 1 unspecified atom stereocenters. The van der Waals surface area contributed by atoms with Gasteiger partial charge in [0, 0.05) is 10.3 Å². The zero-order valence-electron chi connectivity index (χ0n) is 5.93. The van der Waals surface area contributed by atoms with Gasteiger partial charge in [-0.25, -0.2) is 8.42 Å². The summed E-state index contributed by atoms with van der Waals surface area (Å²) in [5, 5.41) is 4.52. The molecule has 0 amide bonds. The van der Waals surface area contributed by atoms with Crippen molar-refractivity contribution in [3.8, 4) is 0 Å². The fourth-order valence-corrected chi connectivity index (χ4v) is 2.13. The second kappa shape index (κ2) is 2.56. The molecule has 0 saturated carbocycles. The van der Waals surface area contributed by atoms with E-state index in [1.165, 1.54) is 0 Å². The van der Waals surface area contributed by atoms with Crippen molar-refractivity contribution in [1.82, 2.24) is 0 Å². The third kappa shape index (κ3) is 1.72. The molecule has 0 aliphatic carbocycles. The molecule has 60 valence electrons. The molecule has 0 bridgehead atoms. The summed E-state index contributed by atoms with van der Waals surface area (Å²) in [6.07, 6.45) is 0. The van der Waals surface area contributed by atoms with Crippen LogP contribution >= 0.6 is 0 Å². The minimum atomic E-state index is -2.94. The number of nitrogens with zero attached hydrogens (tertiary/aromatic N) is 3. The predicted octanol–water partition coefficient (Wildman–Crippen LogP) is 0.998. The zero-order chi connectivity index (χ0) is 8.48. The molecular weight excluding hydrogens is 166 g/mol. The van der Waals surface area contributed by atoms with Gasteiger partial charge in [-0.2, -0.15) is 0 Å². The summed E-state index contributed by atoms with van der Waals surface area (Å²) in [4.78, 5) is 2.58. The summed E-state index contributed by atoms with van der Waals surface area (Å²) < 4.78 is 21.2. The number of azide groups is 1. The van der Waals surface area contributed by atoms with Crippen LogP contribution in [0.5, 0.6) is 0 Å². The van der Waals surface area contributed by atoms with Crippen molar-refractivity contribution < 1.29 is 8.42 Å². The molecule has 0 N–H and O–H groups in total. The van der Waals surface area contributed by atoms with E-state index in [1.807, 2.05) is 0 Å². The highest BCUT2D eigenvalue weighted by molar-refractivity contribution is 7.95. The van der Waals surface area contributed by atoms with Crippen molar-refractivity contribution in [2.24, 2.45) is 5.11 Å². The number of hydrogen-bond donors (Lipinski definition) is 0. The molecule has 0 saturated heterocycles. The van der Waals surface area contributed by atoms with Crippen molar-refractivity contribution >= 4 is 9.84 Å². The lowest BCUT2D eigenvalue weighted by atomic mass is 10.2. The smallest absolute Gasteiger partial charge is 0.175 e. The van der Waals surface area contributed by atoms with Crippen molar-refractivity contribution in [1.29, 1.82) is 0 Å². The highest BCUT2D eigenvalue weighted by Gasteiger charge is 2.25. The third-order valence-electron chi connectivity index (χ3n) is 1.46. The quantitative estimate of drug-likeness (QED) is 0.354. The van der Waals surface area contributed by atoms with E-state index in [0.29, 0.717) is 5.57 Å². The normalized spacial score (nSPS) is 22.5. The van der Waals surface area contributed by atoms with E-state index in [2.05, 4.69) is 10.0 Å². The molecule has 1 atom stereocenters. The summed E-state index contributed by atoms with van der Waals surface area (Å²) in [6.45, 7) is 1.67. The van der Waals surface area contributed by atoms with Crippen LogP contribution < -0.4 is 0 Å². The first-order valence-corrected chi connectivity index (χ1v) is 4.74. The van der Waals surface area contributed by atoms with Crippen LogP contribution in [0.25, 0.3) is 10.4 Å². The lowest BCUT2D eigenvalue weighted by molar-refractivity contribution is 0.599. The molecule has 5 nitrogen and oxygen atoms in total. The van der Waals surface area contributed by atoms with E-state index in [4.69, 9.17) is 5.53 Å². The summed E-state index contributed by atoms with van der Waals surface area (Å²) in [6, 6.07) is -0.330. The molecule has 0 aromatic carbocycles. The average Bonchev–Trinajstić information content (AvgIpc) is 1.83. The van der Waals surface area contributed by atoms with Gasteiger partial charge in [-0.15, -0.1) is 0 Å². The Balaban J connectivity index is 2.76. The molecule has 0 fully saturated rings. The van der Waals surface area contributed by atoms with Crippen molar-refractivity contribution in [2.75, 3.05) is 5.75 Å². The highest BCUT2D eigenvalue weighted by atomic mass is 32.2. The fourth-order valence-electron chi connectivity index (χ4n) is 0.810. The van der Waals surface area contributed by atoms with Gasteiger partial charge in [0.15, 0.2) is 9.84 Å². The topological polar surface area (TPSA) is 82.9 Å². The summed E-state index contributed by atoms with van der Waals surface area (Å²) >= 11 is 0. The Morgan fingerprint density at radius 3 is 2.73 bits per heavy atom. The minimum absolute atomic E-state index is 0.0349. The van der Waals surface area contributed by atoms with Crippen LogP contribution in [0.3, 0.4) is 0 Å². The zero-order valence-corrected chi connectivity index (χ0v) is 6.74. The van der Waals surface area contributed by atoms with Crippen molar-refractivity contribution in [3.05, 3.63) is 21.4 Å². The number of rotatable bonds is 2. The Morgan fingerprint density at radius 1 is 1.82 bits per heavy atom. The van der Waals surface area contributed by atoms with Gasteiger partial charge in [0.05, 0.1) is 11.8 Å². The summed E-state index contributed by atoms with van der Waals surface area (Å²) in [5.74, 6) is 0.0349. The average molecular weight is 173 g/mol. The molecule has 0 radical (unpaired) electrons. The van der Waals surface area contributed by atoms with Crippen LogP contribution in [0.1, 0.15) is 6.92 Å². The molecule has 1 rings (SSSR count). The molecule has 0 aromatic rings. The first-order valence-electron chi connectivity index (χ1n) is 3.02. The summed E-state index contributed by atoms with van der Waals surface area (Å²) in [5.41, 5.74) is 8.70. The Morgan fingerprint density at radius 2 is 2.36 bits per heavy atom. The van der Waals surface area contributed by atoms with Gasteiger partial charge in [0.25, 0.3) is 0 Å². The van der Waals surface area contributed by atoms with Gasteiger partial charge in [-0.05, 0) is 11.1 Å². The standard InChI is InChI=1S/C5H7N3O2S/c1-4(7-8-6)5-2-11(9,10)3-5/h2,4H,3H2,1H3. The Kier molecular flexibility index (Phi) is 1.89. The molecule has 0 spiro atoms. The molecule has 11 heavy (non-hydrogen) atoms. The molecule has 1 aliphatic heterocycles. The van der Waals surface area contributed by atoms with Crippen LogP contribution in [0.2, 0.25) is 0 Å². The van der Waals surface area contributed by atoms with E-state index in [1.54, 1.807) is 6.92 Å². The maximum Gasteiger partial charge on any atom is 0.175 e. The van der Waals surface area contributed by atoms with Crippen molar-refractivity contribution in [2.45, 2.75) is 13.0 Å². The van der Waals surface area contributed by atoms with Gasteiger partial charge >= 0.3 is 0 Å². The molecular formula is C5H7N3O2S. The Hall–Kier alpha value is -1.00. The second-order valence-electron chi connectivity index (χ2n) is 2.38. The van der Waals surface area contributed by atoms with Gasteiger partial charge in [-0.3, -0.25) is 0 Å². The molecule has 1 heterocycles. The van der Waals surface area contributed by atoms with E-state index >= 15 is 0 Å². The van der Waals surface area contributed by atoms with Gasteiger partial charge < -0.3 is 0 Å². The first-order chi connectivity index (χ1) is 5.05. The van der Waals surface area contributed by atoms with Gasteiger partial charge in [-0.1, -0.05) is 12.0 Å². The van der Waals surface area contributed by atoms with E-state index in [0.717, 1.165) is 5.41 Å². The third-order valence-corrected chi connectivity index (χ3v) is 2.86. The highest BCUT2D eigenvalue weighted by Crippen LogP contribution is 2.21. The predicted molar refractivity (Wildman–Crippen MR) is 40.5 cm³/mol. The molecule has 6 heteroatoms. The maximum absolute atomic E-state index is 10.6.